The summed E-state index contributed by atoms with van der Waals surface area (Å²) in [5.74, 6) is -0.539. The fraction of sp³-hybridized carbons (Fsp3) is 0.240. The molecule has 34 heavy (non-hydrogen) atoms. The molecule has 0 aliphatic carbocycles. The summed E-state index contributed by atoms with van der Waals surface area (Å²) in [5.41, 5.74) is 9.87. The van der Waals surface area contributed by atoms with E-state index in [1.807, 2.05) is 24.3 Å². The number of nitrogens with zero attached hydrogens (tertiary/aromatic N) is 4. The highest BCUT2D eigenvalue weighted by atomic mass is 79.9. The SMILES string of the molecule is Br.Cc1cc(-c2nc3n[nH]c(N)c3c(-c3ccc(N4CCCCC4)cc3)c2C#N)c(F)cc1O. The predicted octanol–water partition coefficient (Wildman–Crippen LogP) is 5.47. The molecule has 0 spiro atoms. The number of rotatable bonds is 3. The van der Waals surface area contributed by atoms with Crippen LogP contribution in [0.5, 0.6) is 5.75 Å². The normalized spacial score (nSPS) is 13.5. The minimum absolute atomic E-state index is 0. The molecule has 4 aromatic rings. The van der Waals surface area contributed by atoms with Gasteiger partial charge >= 0.3 is 0 Å². The van der Waals surface area contributed by atoms with Crippen molar-refractivity contribution >= 4 is 39.5 Å². The molecule has 4 N–H and O–H groups in total. The van der Waals surface area contributed by atoms with Crippen molar-refractivity contribution in [1.29, 1.82) is 5.26 Å². The number of benzene rings is 2. The smallest absolute Gasteiger partial charge is 0.184 e. The lowest BCUT2D eigenvalue weighted by Gasteiger charge is -2.29. The Morgan fingerprint density at radius 1 is 1.15 bits per heavy atom. The van der Waals surface area contributed by atoms with Crippen LogP contribution in [0.3, 0.4) is 0 Å². The monoisotopic (exact) mass is 522 g/mol. The maximum absolute atomic E-state index is 14.9. The van der Waals surface area contributed by atoms with Gasteiger partial charge in [-0.05, 0) is 55.5 Å². The van der Waals surface area contributed by atoms with Gasteiger partial charge in [-0.2, -0.15) is 10.4 Å². The van der Waals surface area contributed by atoms with Crippen LogP contribution in [0.1, 0.15) is 30.4 Å². The Balaban J connectivity index is 0.00000274. The van der Waals surface area contributed by atoms with Crippen molar-refractivity contribution in [1.82, 2.24) is 15.2 Å². The first-order valence-electron chi connectivity index (χ1n) is 10.9. The van der Waals surface area contributed by atoms with Crippen LogP contribution in [0.15, 0.2) is 36.4 Å². The Morgan fingerprint density at radius 3 is 2.53 bits per heavy atom. The molecule has 0 unspecified atom stereocenters. The van der Waals surface area contributed by atoms with Crippen molar-refractivity contribution < 1.29 is 9.50 Å². The topological polar surface area (TPSA) is 115 Å². The molecule has 1 fully saturated rings. The average Bonchev–Trinajstić information content (AvgIpc) is 3.21. The number of phenols is 1. The van der Waals surface area contributed by atoms with Gasteiger partial charge in [0.05, 0.1) is 16.6 Å². The van der Waals surface area contributed by atoms with Crippen molar-refractivity contribution in [3.8, 4) is 34.2 Å². The molecule has 1 saturated heterocycles. The number of aromatic nitrogens is 3. The zero-order chi connectivity index (χ0) is 23.1. The first-order valence-corrected chi connectivity index (χ1v) is 10.9. The lowest BCUT2D eigenvalue weighted by Crippen LogP contribution is -2.29. The molecule has 7 nitrogen and oxygen atoms in total. The van der Waals surface area contributed by atoms with Gasteiger partial charge in [0.1, 0.15) is 23.5 Å². The van der Waals surface area contributed by atoms with Crippen molar-refractivity contribution in [2.75, 3.05) is 23.7 Å². The molecule has 3 heterocycles. The molecule has 174 valence electrons. The van der Waals surface area contributed by atoms with Gasteiger partial charge in [-0.3, -0.25) is 5.10 Å². The van der Waals surface area contributed by atoms with Gasteiger partial charge in [-0.1, -0.05) is 12.1 Å². The lowest BCUT2D eigenvalue weighted by atomic mass is 9.93. The second kappa shape index (κ2) is 9.31. The molecule has 2 aromatic heterocycles. The number of aromatic hydroxyl groups is 1. The number of fused-ring (bicyclic) bond motifs is 1. The third-order valence-electron chi connectivity index (χ3n) is 6.26. The Labute approximate surface area is 206 Å². The highest BCUT2D eigenvalue weighted by Gasteiger charge is 2.24. The number of anilines is 2. The molecule has 0 radical (unpaired) electrons. The highest BCUT2D eigenvalue weighted by molar-refractivity contribution is 8.93. The largest absolute Gasteiger partial charge is 0.508 e. The van der Waals surface area contributed by atoms with E-state index in [1.54, 1.807) is 6.92 Å². The molecule has 0 saturated carbocycles. The standard InChI is InChI=1S/C25H23FN6O.BrH/c1-14-11-17(19(26)12-20(14)33)23-18(13-27)21(22-24(28)30-31-25(22)29-23)15-5-7-16(8-6-15)32-9-3-2-4-10-32;/h5-8,11-12,33H,2-4,9-10H2,1H3,(H3,28,29,30,31);1H. The van der Waals surface area contributed by atoms with E-state index in [1.165, 1.54) is 25.3 Å². The number of hydrogen-bond acceptors (Lipinski definition) is 6. The second-order valence-electron chi connectivity index (χ2n) is 8.37. The van der Waals surface area contributed by atoms with Gasteiger partial charge in [0, 0.05) is 36.0 Å². The van der Waals surface area contributed by atoms with Crippen molar-refractivity contribution in [3.05, 3.63) is 53.3 Å². The summed E-state index contributed by atoms with van der Waals surface area (Å²) in [5, 5.41) is 27.4. The third-order valence-corrected chi connectivity index (χ3v) is 6.26. The van der Waals surface area contributed by atoms with E-state index in [9.17, 15) is 14.8 Å². The lowest BCUT2D eigenvalue weighted by molar-refractivity contribution is 0.465. The summed E-state index contributed by atoms with van der Waals surface area (Å²) in [6.07, 6.45) is 3.61. The highest BCUT2D eigenvalue weighted by Crippen LogP contribution is 2.40. The van der Waals surface area contributed by atoms with Crippen LogP contribution in [0.4, 0.5) is 15.9 Å². The van der Waals surface area contributed by atoms with E-state index in [4.69, 9.17) is 5.73 Å². The fourth-order valence-corrected chi connectivity index (χ4v) is 4.51. The molecule has 0 bridgehead atoms. The van der Waals surface area contributed by atoms with E-state index in [0.717, 1.165) is 30.4 Å². The first kappa shape index (κ1) is 23.5. The van der Waals surface area contributed by atoms with Crippen LogP contribution < -0.4 is 10.6 Å². The zero-order valence-corrected chi connectivity index (χ0v) is 20.3. The van der Waals surface area contributed by atoms with Crippen molar-refractivity contribution in [3.63, 3.8) is 0 Å². The molecule has 1 aliphatic heterocycles. The Morgan fingerprint density at radius 2 is 1.85 bits per heavy atom. The minimum atomic E-state index is -0.670. The molecule has 2 aromatic carbocycles. The summed E-state index contributed by atoms with van der Waals surface area (Å²) in [6.45, 7) is 3.72. The van der Waals surface area contributed by atoms with Gasteiger partial charge < -0.3 is 15.7 Å². The van der Waals surface area contributed by atoms with Gasteiger partial charge in [0.15, 0.2) is 5.65 Å². The Kier molecular flexibility index (Phi) is 6.44. The first-order chi connectivity index (χ1) is 16.0. The van der Waals surface area contributed by atoms with E-state index in [2.05, 4.69) is 26.2 Å². The number of piperidine rings is 1. The maximum atomic E-state index is 14.9. The van der Waals surface area contributed by atoms with E-state index >= 15 is 0 Å². The number of H-pyrrole nitrogens is 1. The quantitative estimate of drug-likeness (QED) is 0.328. The van der Waals surface area contributed by atoms with Crippen LogP contribution >= 0.6 is 17.0 Å². The van der Waals surface area contributed by atoms with E-state index in [0.29, 0.717) is 22.2 Å². The number of phenolic OH excluding ortho intramolecular Hbond substituents is 1. The van der Waals surface area contributed by atoms with Gasteiger partial charge in [0.2, 0.25) is 0 Å². The van der Waals surface area contributed by atoms with E-state index in [-0.39, 0.29) is 45.4 Å². The molecule has 0 amide bonds. The van der Waals surface area contributed by atoms with Gasteiger partial charge in [0.25, 0.3) is 0 Å². The number of pyridine rings is 1. The Bertz CT molecular complexity index is 1400. The number of nitrogens with one attached hydrogen (secondary N) is 1. The van der Waals surface area contributed by atoms with Crippen LogP contribution in [0, 0.1) is 24.1 Å². The average molecular weight is 523 g/mol. The fourth-order valence-electron chi connectivity index (χ4n) is 4.51. The number of halogens is 2. The Hall–Kier alpha value is -3.64. The number of aryl methyl sites for hydroxylation is 1. The minimum Gasteiger partial charge on any atom is -0.508 e. The molecular weight excluding hydrogens is 499 g/mol. The van der Waals surface area contributed by atoms with Crippen molar-refractivity contribution in [2.24, 2.45) is 0 Å². The predicted molar refractivity (Wildman–Crippen MR) is 137 cm³/mol. The van der Waals surface area contributed by atoms with Crippen LogP contribution in [0.2, 0.25) is 0 Å². The van der Waals surface area contributed by atoms with Crippen LogP contribution in [-0.2, 0) is 0 Å². The summed E-state index contributed by atoms with van der Waals surface area (Å²) in [4.78, 5) is 6.83. The third kappa shape index (κ3) is 3.94. The molecule has 0 atom stereocenters. The van der Waals surface area contributed by atoms with Gasteiger partial charge in [-0.25, -0.2) is 9.37 Å². The molecule has 1 aliphatic rings. The molecule has 5 rings (SSSR count). The second-order valence-corrected chi connectivity index (χ2v) is 8.37. The number of hydrogen-bond donors (Lipinski definition) is 3. The molecular formula is C25H24BrFN6O. The van der Waals surface area contributed by atoms with Crippen LogP contribution in [0.25, 0.3) is 33.4 Å². The van der Waals surface area contributed by atoms with E-state index < -0.39 is 5.82 Å². The van der Waals surface area contributed by atoms with Crippen molar-refractivity contribution in [2.45, 2.75) is 26.2 Å². The number of nitriles is 1. The summed E-state index contributed by atoms with van der Waals surface area (Å²) < 4.78 is 14.9. The zero-order valence-electron chi connectivity index (χ0n) is 18.6. The van der Waals surface area contributed by atoms with Crippen LogP contribution in [-0.4, -0.2) is 33.4 Å². The summed E-state index contributed by atoms with van der Waals surface area (Å²) >= 11 is 0. The summed E-state index contributed by atoms with van der Waals surface area (Å²) in [7, 11) is 0. The summed E-state index contributed by atoms with van der Waals surface area (Å²) in [6, 6.07) is 12.7. The number of aromatic amines is 1. The van der Waals surface area contributed by atoms with Gasteiger partial charge in [-0.15, -0.1) is 17.0 Å². The maximum Gasteiger partial charge on any atom is 0.184 e. The molecule has 9 heteroatoms. The number of nitrogen functional groups attached to an aromatic ring is 1. The number of nitrogens with two attached hydrogens (primary N) is 1.